The van der Waals surface area contributed by atoms with Crippen molar-refractivity contribution in [1.29, 1.82) is 0 Å². The highest BCUT2D eigenvalue weighted by molar-refractivity contribution is 6.17. The van der Waals surface area contributed by atoms with Crippen molar-refractivity contribution in [3.05, 3.63) is 17.3 Å². The Kier molecular flexibility index (Phi) is 5.43. The molecule has 0 amide bonds. The van der Waals surface area contributed by atoms with Gasteiger partial charge >= 0.3 is 12.3 Å². The van der Waals surface area contributed by atoms with E-state index in [9.17, 15) is 18.0 Å². The maximum atomic E-state index is 12.3. The summed E-state index contributed by atoms with van der Waals surface area (Å²) in [7, 11) is 1.09. The highest BCUT2D eigenvalue weighted by atomic mass is 35.5. The summed E-state index contributed by atoms with van der Waals surface area (Å²) < 4.78 is 50.1. The van der Waals surface area contributed by atoms with Crippen LogP contribution in [-0.2, 0) is 10.6 Å². The smallest absolute Gasteiger partial charge is 0.491 e. The Morgan fingerprint density at radius 1 is 1.45 bits per heavy atom. The predicted molar refractivity (Wildman–Crippen MR) is 63.0 cm³/mol. The van der Waals surface area contributed by atoms with Gasteiger partial charge in [0.2, 0.25) is 0 Å². The van der Waals surface area contributed by atoms with E-state index in [0.717, 1.165) is 7.11 Å². The molecule has 0 aliphatic rings. The molecule has 0 unspecified atom stereocenters. The molecule has 0 spiro atoms. The second kappa shape index (κ2) is 6.65. The molecular formula is C11H11ClF3NO4. The largest absolute Gasteiger partial charge is 0.574 e. The van der Waals surface area contributed by atoms with Gasteiger partial charge in [-0.1, -0.05) is 0 Å². The monoisotopic (exact) mass is 313 g/mol. The maximum absolute atomic E-state index is 12.3. The lowest BCUT2D eigenvalue weighted by molar-refractivity contribution is -0.276. The van der Waals surface area contributed by atoms with Gasteiger partial charge in [-0.2, -0.15) is 0 Å². The number of hydrogen-bond acceptors (Lipinski definition) is 5. The number of ether oxygens (including phenoxy) is 3. The second-order valence-corrected chi connectivity index (χ2v) is 3.67. The third kappa shape index (κ3) is 4.16. The van der Waals surface area contributed by atoms with E-state index >= 15 is 0 Å². The summed E-state index contributed by atoms with van der Waals surface area (Å²) >= 11 is 5.53. The van der Waals surface area contributed by atoms with Crippen LogP contribution in [-0.4, -0.2) is 31.0 Å². The van der Waals surface area contributed by atoms with E-state index < -0.39 is 24.0 Å². The quantitative estimate of drug-likeness (QED) is 0.618. The first-order valence-corrected chi connectivity index (χ1v) is 5.92. The van der Waals surface area contributed by atoms with Crippen molar-refractivity contribution in [2.24, 2.45) is 0 Å². The standard InChI is InChI=1S/C11H11ClF3NO4/c1-3-19-10(17)7-4-6(5-12)16-9(8(7)18-2)20-11(13,14)15/h4H,3,5H2,1-2H3. The number of pyridine rings is 1. The van der Waals surface area contributed by atoms with Crippen LogP contribution in [0.1, 0.15) is 23.0 Å². The van der Waals surface area contributed by atoms with Crippen molar-refractivity contribution in [1.82, 2.24) is 4.98 Å². The molecule has 0 aliphatic carbocycles. The minimum absolute atomic E-state index is 0.0229. The number of carbonyl (C=O) groups excluding carboxylic acids is 1. The molecule has 1 rings (SSSR count). The molecule has 112 valence electrons. The van der Waals surface area contributed by atoms with Crippen molar-refractivity contribution in [3.63, 3.8) is 0 Å². The Morgan fingerprint density at radius 3 is 2.55 bits per heavy atom. The average molecular weight is 314 g/mol. The summed E-state index contributed by atoms with van der Waals surface area (Å²) in [5.41, 5.74) is -0.214. The van der Waals surface area contributed by atoms with E-state index in [0.29, 0.717) is 0 Å². The molecule has 0 bridgehead atoms. The van der Waals surface area contributed by atoms with Gasteiger partial charge < -0.3 is 14.2 Å². The van der Waals surface area contributed by atoms with Gasteiger partial charge in [0.15, 0.2) is 5.75 Å². The zero-order valence-corrected chi connectivity index (χ0v) is 11.3. The van der Waals surface area contributed by atoms with Gasteiger partial charge in [0.05, 0.1) is 25.3 Å². The Bertz CT molecular complexity index is 493. The van der Waals surface area contributed by atoms with E-state index in [-0.39, 0.29) is 23.7 Å². The van der Waals surface area contributed by atoms with Crippen LogP contribution >= 0.6 is 11.6 Å². The Hall–Kier alpha value is -1.70. The molecule has 1 aromatic heterocycles. The molecule has 1 aromatic rings. The fourth-order valence-corrected chi connectivity index (χ4v) is 1.50. The SMILES string of the molecule is CCOC(=O)c1cc(CCl)nc(OC(F)(F)F)c1OC. The molecule has 0 aliphatic heterocycles. The van der Waals surface area contributed by atoms with Crippen LogP contribution in [0.25, 0.3) is 0 Å². The van der Waals surface area contributed by atoms with Gasteiger partial charge in [0.1, 0.15) is 5.56 Å². The van der Waals surface area contributed by atoms with Crippen LogP contribution in [0.3, 0.4) is 0 Å². The Morgan fingerprint density at radius 2 is 2.10 bits per heavy atom. The van der Waals surface area contributed by atoms with Crippen LogP contribution < -0.4 is 9.47 Å². The number of alkyl halides is 4. The van der Waals surface area contributed by atoms with Crippen LogP contribution in [0.2, 0.25) is 0 Å². The lowest BCUT2D eigenvalue weighted by Crippen LogP contribution is -2.20. The maximum Gasteiger partial charge on any atom is 0.574 e. The van der Waals surface area contributed by atoms with Crippen LogP contribution in [0.4, 0.5) is 13.2 Å². The summed E-state index contributed by atoms with van der Waals surface area (Å²) in [6.45, 7) is 1.61. The van der Waals surface area contributed by atoms with Gasteiger partial charge in [0.25, 0.3) is 5.88 Å². The third-order valence-electron chi connectivity index (χ3n) is 2.04. The summed E-state index contributed by atoms with van der Waals surface area (Å²) in [5.74, 6) is -2.41. The number of carbonyl (C=O) groups is 1. The molecule has 0 N–H and O–H groups in total. The van der Waals surface area contributed by atoms with Crippen LogP contribution in [0.5, 0.6) is 11.6 Å². The summed E-state index contributed by atoms with van der Waals surface area (Å²) in [4.78, 5) is 15.2. The van der Waals surface area contributed by atoms with Gasteiger partial charge in [-0.15, -0.1) is 24.8 Å². The van der Waals surface area contributed by atoms with Crippen molar-refractivity contribution in [2.75, 3.05) is 13.7 Å². The molecule has 0 saturated carbocycles. The average Bonchev–Trinajstić information content (AvgIpc) is 2.36. The summed E-state index contributed by atoms with van der Waals surface area (Å²) in [5, 5.41) is 0. The van der Waals surface area contributed by atoms with Gasteiger partial charge in [-0.05, 0) is 13.0 Å². The van der Waals surface area contributed by atoms with E-state index in [1.54, 1.807) is 6.92 Å². The van der Waals surface area contributed by atoms with Crippen LogP contribution in [0.15, 0.2) is 6.07 Å². The van der Waals surface area contributed by atoms with Crippen LogP contribution in [0, 0.1) is 0 Å². The van der Waals surface area contributed by atoms with Crippen molar-refractivity contribution in [2.45, 2.75) is 19.2 Å². The number of esters is 1. The second-order valence-electron chi connectivity index (χ2n) is 3.40. The number of nitrogens with zero attached hydrogens (tertiary/aromatic N) is 1. The number of aromatic nitrogens is 1. The highest BCUT2D eigenvalue weighted by Gasteiger charge is 2.35. The molecule has 0 atom stereocenters. The molecule has 0 aromatic carbocycles. The van der Waals surface area contributed by atoms with Gasteiger partial charge in [-0.25, -0.2) is 9.78 Å². The first-order chi connectivity index (χ1) is 9.32. The lowest BCUT2D eigenvalue weighted by Gasteiger charge is -2.15. The number of halogens is 4. The molecule has 1 heterocycles. The van der Waals surface area contributed by atoms with Crippen molar-refractivity contribution >= 4 is 17.6 Å². The summed E-state index contributed by atoms with van der Waals surface area (Å²) in [6, 6.07) is 1.19. The first kappa shape index (κ1) is 16.4. The van der Waals surface area contributed by atoms with E-state index in [4.69, 9.17) is 21.1 Å². The van der Waals surface area contributed by atoms with Crippen molar-refractivity contribution < 1.29 is 32.2 Å². The fraction of sp³-hybridized carbons (Fsp3) is 0.455. The number of hydrogen-bond donors (Lipinski definition) is 0. The zero-order chi connectivity index (χ0) is 15.3. The highest BCUT2D eigenvalue weighted by Crippen LogP contribution is 2.34. The summed E-state index contributed by atoms with van der Waals surface area (Å²) in [6.07, 6.45) is -4.98. The van der Waals surface area contributed by atoms with E-state index in [1.165, 1.54) is 6.07 Å². The van der Waals surface area contributed by atoms with E-state index in [1.807, 2.05) is 0 Å². The predicted octanol–water partition coefficient (Wildman–Crippen LogP) is 2.90. The molecule has 0 saturated heterocycles. The minimum atomic E-state index is -4.98. The number of rotatable bonds is 5. The molecule has 5 nitrogen and oxygen atoms in total. The van der Waals surface area contributed by atoms with E-state index in [2.05, 4.69) is 9.72 Å². The first-order valence-electron chi connectivity index (χ1n) is 5.39. The molecule has 9 heteroatoms. The van der Waals surface area contributed by atoms with Gasteiger partial charge in [0, 0.05) is 0 Å². The topological polar surface area (TPSA) is 57.7 Å². The fourth-order valence-electron chi connectivity index (χ4n) is 1.37. The normalized spacial score (nSPS) is 11.1. The zero-order valence-electron chi connectivity index (χ0n) is 10.6. The third-order valence-corrected chi connectivity index (χ3v) is 2.32. The minimum Gasteiger partial charge on any atom is -0.491 e. The number of methoxy groups -OCH3 is 1. The Labute approximate surface area is 117 Å². The Balaban J connectivity index is 3.34. The molecule has 20 heavy (non-hydrogen) atoms. The molecule has 0 radical (unpaired) electrons. The molecular weight excluding hydrogens is 303 g/mol. The molecule has 0 fully saturated rings. The van der Waals surface area contributed by atoms with Crippen molar-refractivity contribution in [3.8, 4) is 11.6 Å². The van der Waals surface area contributed by atoms with Gasteiger partial charge in [-0.3, -0.25) is 0 Å². The lowest BCUT2D eigenvalue weighted by atomic mass is 10.2.